The number of para-hydroxylation sites is 1. The second-order valence-electron chi connectivity index (χ2n) is 7.94. The first-order valence-corrected chi connectivity index (χ1v) is 11.7. The smallest absolute Gasteiger partial charge is 0.355 e. The molecule has 0 spiro atoms. The first kappa shape index (κ1) is 24.8. The Morgan fingerprint density at radius 1 is 1.08 bits per heavy atom. The summed E-state index contributed by atoms with van der Waals surface area (Å²) in [6.45, 7) is 8.76. The Labute approximate surface area is 209 Å². The van der Waals surface area contributed by atoms with Gasteiger partial charge in [0.25, 0.3) is 0 Å². The Morgan fingerprint density at radius 2 is 1.78 bits per heavy atom. The average molecular weight is 485 g/mol. The summed E-state index contributed by atoms with van der Waals surface area (Å²) in [5.74, 6) is -0.204. The minimum atomic E-state index is -0.529. The lowest BCUT2D eigenvalue weighted by Crippen LogP contribution is -2.26. The lowest BCUT2D eigenvalue weighted by atomic mass is 9.95. The Kier molecular flexibility index (Phi) is 7.87. The molecular formula is C28H28N4O4. The number of fused-ring (bicyclic) bond motifs is 1. The van der Waals surface area contributed by atoms with Crippen LogP contribution in [0.2, 0.25) is 0 Å². The summed E-state index contributed by atoms with van der Waals surface area (Å²) in [4.78, 5) is 35.7. The highest BCUT2D eigenvalue weighted by Gasteiger charge is 2.26. The number of aryl methyl sites for hydroxylation is 1. The zero-order valence-electron chi connectivity index (χ0n) is 20.4. The summed E-state index contributed by atoms with van der Waals surface area (Å²) in [6, 6.07) is 18.7. The van der Waals surface area contributed by atoms with Crippen molar-refractivity contribution in [3.63, 3.8) is 0 Å². The quantitative estimate of drug-likeness (QED) is 0.200. The summed E-state index contributed by atoms with van der Waals surface area (Å²) in [6.07, 6.45) is 1.51. The van der Waals surface area contributed by atoms with Crippen molar-refractivity contribution in [2.45, 2.75) is 13.8 Å². The second-order valence-corrected chi connectivity index (χ2v) is 7.94. The Morgan fingerprint density at radius 3 is 2.44 bits per heavy atom. The average Bonchev–Trinajstić information content (AvgIpc) is 2.90. The molecule has 0 unspecified atom stereocenters. The lowest BCUT2D eigenvalue weighted by molar-refractivity contribution is 0.0549. The van der Waals surface area contributed by atoms with Crippen LogP contribution in [0.3, 0.4) is 0 Å². The highest BCUT2D eigenvalue weighted by Crippen LogP contribution is 2.37. The third-order valence-corrected chi connectivity index (χ3v) is 5.56. The summed E-state index contributed by atoms with van der Waals surface area (Å²) < 4.78 is 12.4. The molecule has 0 saturated heterocycles. The summed E-state index contributed by atoms with van der Waals surface area (Å²) >= 11 is 0. The SMILES string of the molecule is C=CCOC(=O)c1c(C)nc2c(c(NCCOCC)nc(=O)n2-c2ccccc2)c1-c1ccccc1. The van der Waals surface area contributed by atoms with Gasteiger partial charge in [0.05, 0.1) is 28.9 Å². The van der Waals surface area contributed by atoms with Crippen molar-refractivity contribution in [1.29, 1.82) is 0 Å². The maximum Gasteiger partial charge on any atom is 0.355 e. The molecule has 2 aromatic heterocycles. The zero-order chi connectivity index (χ0) is 25.5. The number of hydrogen-bond acceptors (Lipinski definition) is 7. The number of nitrogens with one attached hydrogen (secondary N) is 1. The first-order valence-electron chi connectivity index (χ1n) is 11.7. The molecule has 1 N–H and O–H groups in total. The van der Waals surface area contributed by atoms with Gasteiger partial charge in [0.2, 0.25) is 0 Å². The number of pyridine rings is 1. The molecule has 0 atom stereocenters. The van der Waals surface area contributed by atoms with E-state index in [2.05, 4.69) is 16.9 Å². The molecule has 0 aliphatic rings. The highest BCUT2D eigenvalue weighted by atomic mass is 16.5. The van der Waals surface area contributed by atoms with Gasteiger partial charge in [0.15, 0.2) is 5.65 Å². The Bertz CT molecular complexity index is 1430. The number of carbonyl (C=O) groups is 1. The third-order valence-electron chi connectivity index (χ3n) is 5.56. The number of nitrogens with zero attached hydrogens (tertiary/aromatic N) is 3. The number of aromatic nitrogens is 3. The van der Waals surface area contributed by atoms with Gasteiger partial charge in [-0.15, -0.1) is 0 Å². The fourth-order valence-corrected chi connectivity index (χ4v) is 4.04. The van der Waals surface area contributed by atoms with Crippen LogP contribution in [0.5, 0.6) is 0 Å². The Balaban J connectivity index is 2.10. The molecule has 2 heterocycles. The van der Waals surface area contributed by atoms with Crippen LogP contribution < -0.4 is 11.0 Å². The van der Waals surface area contributed by atoms with E-state index in [1.54, 1.807) is 6.92 Å². The largest absolute Gasteiger partial charge is 0.458 e. The van der Waals surface area contributed by atoms with E-state index in [9.17, 15) is 9.59 Å². The van der Waals surface area contributed by atoms with Crippen molar-refractivity contribution in [3.05, 3.63) is 95.1 Å². The van der Waals surface area contributed by atoms with Gasteiger partial charge in [-0.3, -0.25) is 0 Å². The minimum absolute atomic E-state index is 0.0613. The van der Waals surface area contributed by atoms with Gasteiger partial charge in [0.1, 0.15) is 12.4 Å². The van der Waals surface area contributed by atoms with E-state index in [1.807, 2.05) is 67.6 Å². The van der Waals surface area contributed by atoms with Crippen molar-refractivity contribution in [1.82, 2.24) is 14.5 Å². The van der Waals surface area contributed by atoms with Crippen LogP contribution in [0.25, 0.3) is 27.8 Å². The molecule has 0 radical (unpaired) electrons. The molecule has 4 rings (SSSR count). The van der Waals surface area contributed by atoms with Gasteiger partial charge < -0.3 is 14.8 Å². The van der Waals surface area contributed by atoms with Crippen LogP contribution in [-0.2, 0) is 9.47 Å². The van der Waals surface area contributed by atoms with Crippen LogP contribution >= 0.6 is 0 Å². The van der Waals surface area contributed by atoms with Crippen LogP contribution in [-0.4, -0.2) is 46.9 Å². The molecule has 8 heteroatoms. The number of rotatable bonds is 10. The Hall–Kier alpha value is -4.30. The first-order chi connectivity index (χ1) is 17.6. The minimum Gasteiger partial charge on any atom is -0.458 e. The number of anilines is 1. The lowest BCUT2D eigenvalue weighted by Gasteiger charge is -2.20. The molecule has 0 amide bonds. The number of carbonyl (C=O) groups excluding carboxylic acids is 1. The zero-order valence-corrected chi connectivity index (χ0v) is 20.4. The fourth-order valence-electron chi connectivity index (χ4n) is 4.04. The molecule has 0 bridgehead atoms. The van der Waals surface area contributed by atoms with E-state index in [0.717, 1.165) is 5.56 Å². The van der Waals surface area contributed by atoms with E-state index in [0.29, 0.717) is 59.1 Å². The van der Waals surface area contributed by atoms with Gasteiger partial charge in [-0.2, -0.15) is 4.98 Å². The topological polar surface area (TPSA) is 95.3 Å². The van der Waals surface area contributed by atoms with Gasteiger partial charge in [0, 0.05) is 18.7 Å². The molecule has 184 valence electrons. The van der Waals surface area contributed by atoms with Crippen molar-refractivity contribution in [3.8, 4) is 16.8 Å². The maximum absolute atomic E-state index is 13.3. The van der Waals surface area contributed by atoms with E-state index in [-0.39, 0.29) is 6.61 Å². The molecular weight excluding hydrogens is 456 g/mol. The predicted molar refractivity (Wildman–Crippen MR) is 141 cm³/mol. The van der Waals surface area contributed by atoms with Crippen LogP contribution in [0, 0.1) is 6.92 Å². The number of hydrogen-bond donors (Lipinski definition) is 1. The molecule has 0 aliphatic carbocycles. The van der Waals surface area contributed by atoms with Crippen LogP contribution in [0.15, 0.2) is 78.1 Å². The fraction of sp³-hybridized carbons (Fsp3) is 0.214. The predicted octanol–water partition coefficient (Wildman–Crippen LogP) is 4.55. The number of ether oxygens (including phenoxy) is 2. The van der Waals surface area contributed by atoms with Gasteiger partial charge in [-0.25, -0.2) is 19.1 Å². The molecule has 36 heavy (non-hydrogen) atoms. The summed E-state index contributed by atoms with van der Waals surface area (Å²) in [7, 11) is 0. The summed E-state index contributed by atoms with van der Waals surface area (Å²) in [5.41, 5.74) is 2.62. The monoisotopic (exact) mass is 484 g/mol. The molecule has 2 aromatic carbocycles. The standard InChI is InChI=1S/C28H28N4O4/c1-4-17-36-27(33)22-19(3)30-26-24(23(22)20-12-8-6-9-13-20)25(29-16-18-35-5-2)31-28(34)32(26)21-14-10-7-11-15-21/h4,6-15H,1,5,16-18H2,2-3H3,(H,29,31,34). The van der Waals surface area contributed by atoms with Crippen molar-refractivity contribution >= 4 is 22.8 Å². The third kappa shape index (κ3) is 5.04. The molecule has 8 nitrogen and oxygen atoms in total. The van der Waals surface area contributed by atoms with E-state index < -0.39 is 11.7 Å². The van der Waals surface area contributed by atoms with Gasteiger partial charge >= 0.3 is 11.7 Å². The summed E-state index contributed by atoms with van der Waals surface area (Å²) in [5, 5.41) is 3.76. The van der Waals surface area contributed by atoms with Gasteiger partial charge in [-0.05, 0) is 31.5 Å². The normalized spacial score (nSPS) is 10.8. The van der Waals surface area contributed by atoms with E-state index in [1.165, 1.54) is 10.6 Å². The molecule has 0 aliphatic heterocycles. The van der Waals surface area contributed by atoms with Crippen molar-refractivity contribution in [2.75, 3.05) is 31.7 Å². The maximum atomic E-state index is 13.3. The second kappa shape index (κ2) is 11.4. The van der Waals surface area contributed by atoms with E-state index in [4.69, 9.17) is 14.5 Å². The van der Waals surface area contributed by atoms with E-state index >= 15 is 0 Å². The highest BCUT2D eigenvalue weighted by molar-refractivity contribution is 6.10. The number of esters is 1. The van der Waals surface area contributed by atoms with Crippen molar-refractivity contribution < 1.29 is 14.3 Å². The van der Waals surface area contributed by atoms with Crippen LogP contribution in [0.1, 0.15) is 23.0 Å². The van der Waals surface area contributed by atoms with Crippen LogP contribution in [0.4, 0.5) is 5.82 Å². The van der Waals surface area contributed by atoms with Gasteiger partial charge in [-0.1, -0.05) is 61.2 Å². The van der Waals surface area contributed by atoms with Crippen molar-refractivity contribution in [2.24, 2.45) is 0 Å². The molecule has 0 fully saturated rings. The molecule has 4 aromatic rings. The molecule has 0 saturated carbocycles. The number of benzene rings is 2.